The Kier molecular flexibility index (Phi) is 3.50. The third kappa shape index (κ3) is 2.69. The molecular weight excluding hydrogens is 290 g/mol. The van der Waals surface area contributed by atoms with Crippen LogP contribution in [0.15, 0.2) is 22.6 Å². The summed E-state index contributed by atoms with van der Waals surface area (Å²) in [7, 11) is 0. The first kappa shape index (κ1) is 13.8. The lowest BCUT2D eigenvalue weighted by Gasteiger charge is -2.22. The van der Waals surface area contributed by atoms with Crippen molar-refractivity contribution in [1.82, 2.24) is 9.88 Å². The number of likely N-dealkylation sites (tertiary alicyclic amines) is 1. The van der Waals surface area contributed by atoms with Crippen LogP contribution in [0.5, 0.6) is 0 Å². The highest BCUT2D eigenvalue weighted by molar-refractivity contribution is 7.71. The minimum absolute atomic E-state index is 0.0699. The summed E-state index contributed by atoms with van der Waals surface area (Å²) in [4.78, 5) is 28.6. The molecule has 0 bridgehead atoms. The van der Waals surface area contributed by atoms with Crippen molar-refractivity contribution in [1.29, 1.82) is 0 Å². The van der Waals surface area contributed by atoms with E-state index in [-0.39, 0.29) is 11.8 Å². The number of fused-ring (bicyclic) bond motifs is 1. The van der Waals surface area contributed by atoms with E-state index < -0.39 is 6.04 Å². The monoisotopic (exact) mass is 305 g/mol. The standard InChI is InChI=1S/C14H15N3O3S/c1-8(18)17-6-2-3-11(17)13(19)15-9-4-5-10-12(7-9)20-14(21)16-10/h4-5,7,11H,2-3,6H2,1H3,(H,15,19)(H,16,21)/t11-/m0/s1. The van der Waals surface area contributed by atoms with E-state index in [1.165, 1.54) is 6.92 Å². The van der Waals surface area contributed by atoms with Crippen LogP contribution in [-0.4, -0.2) is 34.3 Å². The number of rotatable bonds is 2. The number of aromatic amines is 1. The van der Waals surface area contributed by atoms with E-state index in [0.717, 1.165) is 11.9 Å². The molecule has 3 rings (SSSR count). The molecule has 0 saturated carbocycles. The molecule has 1 aliphatic heterocycles. The van der Waals surface area contributed by atoms with Crippen LogP contribution in [0.3, 0.4) is 0 Å². The third-order valence-electron chi connectivity index (χ3n) is 3.65. The highest BCUT2D eigenvalue weighted by Crippen LogP contribution is 2.22. The van der Waals surface area contributed by atoms with Gasteiger partial charge in [0.2, 0.25) is 11.8 Å². The van der Waals surface area contributed by atoms with Crippen LogP contribution < -0.4 is 5.32 Å². The summed E-state index contributed by atoms with van der Waals surface area (Å²) in [5, 5.41) is 2.83. The van der Waals surface area contributed by atoms with Gasteiger partial charge in [-0.3, -0.25) is 9.59 Å². The smallest absolute Gasteiger partial charge is 0.266 e. The van der Waals surface area contributed by atoms with Gasteiger partial charge in [-0.05, 0) is 37.2 Å². The molecule has 2 aromatic rings. The lowest BCUT2D eigenvalue weighted by atomic mass is 10.2. The third-order valence-corrected chi connectivity index (χ3v) is 3.83. The second-order valence-corrected chi connectivity index (χ2v) is 5.46. The van der Waals surface area contributed by atoms with Crippen molar-refractivity contribution in [3.63, 3.8) is 0 Å². The number of H-pyrrole nitrogens is 1. The first-order chi connectivity index (χ1) is 10.0. The maximum atomic E-state index is 12.3. The maximum Gasteiger partial charge on any atom is 0.266 e. The highest BCUT2D eigenvalue weighted by Gasteiger charge is 2.32. The molecule has 1 aromatic carbocycles. The van der Waals surface area contributed by atoms with E-state index >= 15 is 0 Å². The number of oxazole rings is 1. The fourth-order valence-electron chi connectivity index (χ4n) is 2.66. The Morgan fingerprint density at radius 3 is 3.05 bits per heavy atom. The fraction of sp³-hybridized carbons (Fsp3) is 0.357. The summed E-state index contributed by atoms with van der Waals surface area (Å²) in [6.45, 7) is 2.13. The number of nitrogens with zero attached hydrogens (tertiary/aromatic N) is 1. The molecule has 0 unspecified atom stereocenters. The minimum atomic E-state index is -0.393. The van der Waals surface area contributed by atoms with Gasteiger partial charge < -0.3 is 19.6 Å². The second kappa shape index (κ2) is 5.33. The van der Waals surface area contributed by atoms with Crippen LogP contribution in [0.2, 0.25) is 0 Å². The Balaban J connectivity index is 1.79. The molecule has 1 fully saturated rings. The molecule has 6 nitrogen and oxygen atoms in total. The van der Waals surface area contributed by atoms with Crippen molar-refractivity contribution >= 4 is 40.8 Å². The van der Waals surface area contributed by atoms with Crippen LogP contribution in [0, 0.1) is 4.84 Å². The highest BCUT2D eigenvalue weighted by atomic mass is 32.1. The lowest BCUT2D eigenvalue weighted by Crippen LogP contribution is -2.42. The van der Waals surface area contributed by atoms with Crippen LogP contribution >= 0.6 is 12.2 Å². The fourth-order valence-corrected chi connectivity index (χ4v) is 2.86. The molecule has 0 aliphatic carbocycles. The molecule has 1 atom stereocenters. The Morgan fingerprint density at radius 2 is 2.29 bits per heavy atom. The van der Waals surface area contributed by atoms with E-state index in [1.54, 1.807) is 23.1 Å². The minimum Gasteiger partial charge on any atom is -0.429 e. The number of aromatic nitrogens is 1. The van der Waals surface area contributed by atoms with Gasteiger partial charge in [-0.1, -0.05) is 0 Å². The quantitative estimate of drug-likeness (QED) is 0.835. The zero-order valence-corrected chi connectivity index (χ0v) is 12.3. The van der Waals surface area contributed by atoms with Gasteiger partial charge in [-0.25, -0.2) is 0 Å². The van der Waals surface area contributed by atoms with Crippen LogP contribution in [-0.2, 0) is 9.59 Å². The number of benzene rings is 1. The molecule has 0 radical (unpaired) electrons. The number of anilines is 1. The van der Waals surface area contributed by atoms with Gasteiger partial charge in [0.15, 0.2) is 5.58 Å². The molecular formula is C14H15N3O3S. The molecule has 1 aromatic heterocycles. The SMILES string of the molecule is CC(=O)N1CCC[C@H]1C(=O)Nc1ccc2[nH]c(=S)oc2c1. The lowest BCUT2D eigenvalue weighted by molar-refractivity contribution is -0.134. The Bertz CT molecular complexity index is 764. The summed E-state index contributed by atoms with van der Waals surface area (Å²) >= 11 is 4.92. The first-order valence-electron chi connectivity index (χ1n) is 6.75. The maximum absolute atomic E-state index is 12.3. The predicted octanol–water partition coefficient (Wildman–Crippen LogP) is 2.44. The number of carbonyl (C=O) groups excluding carboxylic acids is 2. The number of hydrogen-bond donors (Lipinski definition) is 2. The van der Waals surface area contributed by atoms with E-state index in [0.29, 0.717) is 29.1 Å². The van der Waals surface area contributed by atoms with Gasteiger partial charge >= 0.3 is 0 Å². The Morgan fingerprint density at radius 1 is 1.48 bits per heavy atom. The number of nitrogens with one attached hydrogen (secondary N) is 2. The molecule has 2 N–H and O–H groups in total. The van der Waals surface area contributed by atoms with E-state index in [1.807, 2.05) is 0 Å². The van der Waals surface area contributed by atoms with E-state index in [9.17, 15) is 9.59 Å². The van der Waals surface area contributed by atoms with Crippen molar-refractivity contribution in [3.05, 3.63) is 23.0 Å². The first-order valence-corrected chi connectivity index (χ1v) is 7.16. The summed E-state index contributed by atoms with van der Waals surface area (Å²) < 4.78 is 5.32. The van der Waals surface area contributed by atoms with E-state index in [4.69, 9.17) is 16.6 Å². The van der Waals surface area contributed by atoms with Gasteiger partial charge in [0.1, 0.15) is 6.04 Å². The van der Waals surface area contributed by atoms with Crippen molar-refractivity contribution < 1.29 is 14.0 Å². The summed E-state index contributed by atoms with van der Waals surface area (Å²) in [6, 6.07) is 4.89. The van der Waals surface area contributed by atoms with Crippen molar-refractivity contribution in [2.24, 2.45) is 0 Å². The van der Waals surface area contributed by atoms with Gasteiger partial charge in [0, 0.05) is 25.2 Å². The molecule has 7 heteroatoms. The van der Waals surface area contributed by atoms with Crippen LogP contribution in [0.25, 0.3) is 11.1 Å². The topological polar surface area (TPSA) is 78.3 Å². The number of carbonyl (C=O) groups is 2. The second-order valence-electron chi connectivity index (χ2n) is 5.09. The van der Waals surface area contributed by atoms with Gasteiger partial charge in [0.25, 0.3) is 4.84 Å². The van der Waals surface area contributed by atoms with E-state index in [2.05, 4.69) is 10.3 Å². The Labute approximate surface area is 126 Å². The van der Waals surface area contributed by atoms with Gasteiger partial charge in [-0.15, -0.1) is 0 Å². The molecule has 110 valence electrons. The van der Waals surface area contributed by atoms with Crippen LogP contribution in [0.4, 0.5) is 5.69 Å². The molecule has 2 amide bonds. The van der Waals surface area contributed by atoms with Crippen LogP contribution in [0.1, 0.15) is 19.8 Å². The normalized spacial score (nSPS) is 18.1. The molecule has 1 aliphatic rings. The summed E-state index contributed by atoms with van der Waals surface area (Å²) in [5.74, 6) is -0.240. The van der Waals surface area contributed by atoms with Gasteiger partial charge in [-0.2, -0.15) is 0 Å². The number of hydrogen-bond acceptors (Lipinski definition) is 4. The zero-order valence-electron chi connectivity index (χ0n) is 11.5. The number of amides is 2. The molecule has 1 saturated heterocycles. The largest absolute Gasteiger partial charge is 0.429 e. The molecule has 2 heterocycles. The Hall–Kier alpha value is -2.15. The average molecular weight is 305 g/mol. The van der Waals surface area contributed by atoms with Crippen molar-refractivity contribution in [3.8, 4) is 0 Å². The molecule has 0 spiro atoms. The van der Waals surface area contributed by atoms with Crippen molar-refractivity contribution in [2.45, 2.75) is 25.8 Å². The molecule has 21 heavy (non-hydrogen) atoms. The summed E-state index contributed by atoms with van der Waals surface area (Å²) in [6.07, 6.45) is 1.54. The summed E-state index contributed by atoms with van der Waals surface area (Å²) in [5.41, 5.74) is 2.00. The predicted molar refractivity (Wildman–Crippen MR) is 80.4 cm³/mol. The zero-order chi connectivity index (χ0) is 15.0. The van der Waals surface area contributed by atoms with Gasteiger partial charge in [0.05, 0.1) is 5.52 Å². The average Bonchev–Trinajstić information content (AvgIpc) is 3.03. The van der Waals surface area contributed by atoms with Crippen molar-refractivity contribution in [2.75, 3.05) is 11.9 Å².